The van der Waals surface area contributed by atoms with Gasteiger partial charge in [-0.1, -0.05) is 56.5 Å². The summed E-state index contributed by atoms with van der Waals surface area (Å²) in [4.78, 5) is 15.5. The van der Waals surface area contributed by atoms with Gasteiger partial charge in [0.15, 0.2) is 5.60 Å². The average Bonchev–Trinajstić information content (AvgIpc) is 3.15. The molecule has 2 aliphatic carbocycles. The molecule has 0 radical (unpaired) electrons. The molecule has 0 spiro atoms. The molecule has 1 saturated heterocycles. The molecular formula is C22H32N2O2. The lowest BCUT2D eigenvalue weighted by Crippen LogP contribution is -2.52. The molecule has 4 heteroatoms. The zero-order valence-electron chi connectivity index (χ0n) is 15.9. The van der Waals surface area contributed by atoms with Gasteiger partial charge in [-0.3, -0.25) is 4.79 Å². The van der Waals surface area contributed by atoms with E-state index < -0.39 is 5.60 Å². The number of likely N-dealkylation sites (tertiary alicyclic amines) is 1. The molecule has 142 valence electrons. The van der Waals surface area contributed by atoms with Gasteiger partial charge in [-0.05, 0) is 49.2 Å². The maximum atomic E-state index is 13.5. The summed E-state index contributed by atoms with van der Waals surface area (Å²) in [6.45, 7) is 5.86. The number of aliphatic hydroxyl groups is 1. The fraction of sp³-hybridized carbons (Fsp3) is 0.682. The van der Waals surface area contributed by atoms with E-state index in [1.54, 1.807) is 0 Å². The fourth-order valence-electron chi connectivity index (χ4n) is 5.42. The van der Waals surface area contributed by atoms with Gasteiger partial charge >= 0.3 is 0 Å². The first-order valence-corrected chi connectivity index (χ1v) is 10.4. The van der Waals surface area contributed by atoms with Crippen LogP contribution in [0, 0.1) is 23.7 Å². The van der Waals surface area contributed by atoms with Gasteiger partial charge in [-0.2, -0.15) is 0 Å². The Bertz CT molecular complexity index is 616. The van der Waals surface area contributed by atoms with Crippen LogP contribution in [0.25, 0.3) is 0 Å². The number of carbonyl (C=O) groups is 1. The summed E-state index contributed by atoms with van der Waals surface area (Å²) in [6.07, 6.45) is 5.34. The van der Waals surface area contributed by atoms with Crippen LogP contribution in [-0.2, 0) is 10.4 Å². The third-order valence-corrected chi connectivity index (χ3v) is 7.02. The Hall–Kier alpha value is -1.39. The quantitative estimate of drug-likeness (QED) is 0.824. The molecule has 1 aromatic carbocycles. The number of hydrogen-bond acceptors (Lipinski definition) is 3. The van der Waals surface area contributed by atoms with E-state index in [1.165, 1.54) is 6.42 Å². The van der Waals surface area contributed by atoms with Gasteiger partial charge in [-0.15, -0.1) is 0 Å². The van der Waals surface area contributed by atoms with Crippen molar-refractivity contribution in [3.05, 3.63) is 35.9 Å². The Morgan fingerprint density at radius 1 is 1.15 bits per heavy atom. The summed E-state index contributed by atoms with van der Waals surface area (Å²) >= 11 is 0. The number of benzene rings is 1. The molecule has 26 heavy (non-hydrogen) atoms. The highest BCUT2D eigenvalue weighted by Crippen LogP contribution is 2.52. The van der Waals surface area contributed by atoms with Crippen molar-refractivity contribution in [2.75, 3.05) is 26.2 Å². The average molecular weight is 357 g/mol. The van der Waals surface area contributed by atoms with Gasteiger partial charge in [-0.25, -0.2) is 0 Å². The highest BCUT2D eigenvalue weighted by Gasteiger charge is 2.58. The van der Waals surface area contributed by atoms with Gasteiger partial charge in [0.1, 0.15) is 0 Å². The SMILES string of the molecule is CCNCC1C2CN(C(=O)C(O)(c3ccccc3)C3CCCCC3)CC12. The van der Waals surface area contributed by atoms with Crippen molar-refractivity contribution in [1.82, 2.24) is 10.2 Å². The molecule has 0 bridgehead atoms. The second-order valence-electron chi connectivity index (χ2n) is 8.48. The summed E-state index contributed by atoms with van der Waals surface area (Å²) < 4.78 is 0. The maximum Gasteiger partial charge on any atom is 0.259 e. The van der Waals surface area contributed by atoms with Crippen molar-refractivity contribution >= 4 is 5.91 Å². The van der Waals surface area contributed by atoms with Crippen molar-refractivity contribution in [3.8, 4) is 0 Å². The van der Waals surface area contributed by atoms with Gasteiger partial charge in [0.25, 0.3) is 5.91 Å². The molecule has 4 nitrogen and oxygen atoms in total. The van der Waals surface area contributed by atoms with E-state index in [4.69, 9.17) is 0 Å². The minimum Gasteiger partial charge on any atom is -0.375 e. The third-order valence-electron chi connectivity index (χ3n) is 7.02. The molecule has 0 aromatic heterocycles. The van der Waals surface area contributed by atoms with E-state index in [1.807, 2.05) is 35.2 Å². The van der Waals surface area contributed by atoms with Crippen LogP contribution >= 0.6 is 0 Å². The number of amides is 1. The minimum absolute atomic E-state index is 0.0423. The smallest absolute Gasteiger partial charge is 0.259 e. The van der Waals surface area contributed by atoms with Crippen LogP contribution in [-0.4, -0.2) is 42.1 Å². The number of nitrogens with zero attached hydrogens (tertiary/aromatic N) is 1. The molecule has 3 fully saturated rings. The predicted molar refractivity (Wildman–Crippen MR) is 103 cm³/mol. The first-order chi connectivity index (χ1) is 12.7. The number of rotatable bonds is 6. The first kappa shape index (κ1) is 18.0. The highest BCUT2D eigenvalue weighted by molar-refractivity contribution is 5.87. The predicted octanol–water partition coefficient (Wildman–Crippen LogP) is 2.77. The van der Waals surface area contributed by atoms with E-state index >= 15 is 0 Å². The van der Waals surface area contributed by atoms with Gasteiger partial charge < -0.3 is 15.3 Å². The van der Waals surface area contributed by atoms with Crippen LogP contribution < -0.4 is 5.32 Å². The van der Waals surface area contributed by atoms with E-state index in [2.05, 4.69) is 12.2 Å². The lowest BCUT2D eigenvalue weighted by atomic mass is 9.72. The summed E-state index contributed by atoms with van der Waals surface area (Å²) in [5, 5.41) is 15.2. The Morgan fingerprint density at radius 3 is 2.42 bits per heavy atom. The summed E-state index contributed by atoms with van der Waals surface area (Å²) in [6, 6.07) is 9.68. The molecule has 1 aromatic rings. The molecule has 2 N–H and O–H groups in total. The Kier molecular flexibility index (Phi) is 5.07. The van der Waals surface area contributed by atoms with Gasteiger partial charge in [0.05, 0.1) is 0 Å². The number of fused-ring (bicyclic) bond motifs is 1. The van der Waals surface area contributed by atoms with Crippen LogP contribution in [0.1, 0.15) is 44.6 Å². The molecule has 1 amide bonds. The van der Waals surface area contributed by atoms with Gasteiger partial charge in [0, 0.05) is 19.0 Å². The second-order valence-corrected chi connectivity index (χ2v) is 8.48. The van der Waals surface area contributed by atoms with Crippen LogP contribution in [0.15, 0.2) is 30.3 Å². The monoisotopic (exact) mass is 356 g/mol. The van der Waals surface area contributed by atoms with Gasteiger partial charge in [0.2, 0.25) is 0 Å². The van der Waals surface area contributed by atoms with Crippen LogP contribution in [0.2, 0.25) is 0 Å². The Balaban J connectivity index is 1.51. The maximum absolute atomic E-state index is 13.5. The van der Waals surface area contributed by atoms with Crippen LogP contribution in [0.4, 0.5) is 0 Å². The Morgan fingerprint density at radius 2 is 1.81 bits per heavy atom. The first-order valence-electron chi connectivity index (χ1n) is 10.4. The summed E-state index contributed by atoms with van der Waals surface area (Å²) in [7, 11) is 0. The lowest BCUT2D eigenvalue weighted by molar-refractivity contribution is -0.160. The minimum atomic E-state index is -1.35. The van der Waals surface area contributed by atoms with E-state index in [0.717, 1.165) is 63.3 Å². The zero-order chi connectivity index (χ0) is 18.1. The molecule has 1 aliphatic heterocycles. The molecule has 3 aliphatic rings. The van der Waals surface area contributed by atoms with Crippen molar-refractivity contribution in [3.63, 3.8) is 0 Å². The topological polar surface area (TPSA) is 52.6 Å². The number of hydrogen-bond donors (Lipinski definition) is 2. The van der Waals surface area contributed by atoms with Crippen molar-refractivity contribution in [1.29, 1.82) is 0 Å². The Labute approximate surface area is 157 Å². The lowest BCUT2D eigenvalue weighted by Gasteiger charge is -2.40. The normalized spacial score (nSPS) is 30.7. The van der Waals surface area contributed by atoms with E-state index in [9.17, 15) is 9.90 Å². The van der Waals surface area contributed by atoms with Crippen LogP contribution in [0.5, 0.6) is 0 Å². The molecule has 4 rings (SSSR count). The van der Waals surface area contributed by atoms with E-state index in [-0.39, 0.29) is 11.8 Å². The number of piperidine rings is 1. The van der Waals surface area contributed by atoms with Crippen LogP contribution in [0.3, 0.4) is 0 Å². The second kappa shape index (κ2) is 7.32. The summed E-state index contributed by atoms with van der Waals surface area (Å²) in [5.41, 5.74) is -0.572. The zero-order valence-corrected chi connectivity index (χ0v) is 15.9. The molecular weight excluding hydrogens is 324 g/mol. The largest absolute Gasteiger partial charge is 0.375 e. The third kappa shape index (κ3) is 3.07. The van der Waals surface area contributed by atoms with Crippen molar-refractivity contribution < 1.29 is 9.90 Å². The summed E-state index contributed by atoms with van der Waals surface area (Å²) in [5.74, 6) is 1.97. The number of carbonyl (C=O) groups excluding carboxylic acids is 1. The van der Waals surface area contributed by atoms with Crippen molar-refractivity contribution in [2.24, 2.45) is 23.7 Å². The standard InChI is InChI=1S/C22H32N2O2/c1-2-23-13-18-19-14-24(15-20(18)19)21(25)22(26,16-9-5-3-6-10-16)17-11-7-4-8-12-17/h3,5-6,9-10,17-20,23,26H,2,4,7-8,11-15H2,1H3. The molecule has 1 heterocycles. The fourth-order valence-corrected chi connectivity index (χ4v) is 5.42. The molecule has 3 atom stereocenters. The van der Waals surface area contributed by atoms with Crippen molar-refractivity contribution in [2.45, 2.75) is 44.6 Å². The molecule has 3 unspecified atom stereocenters. The molecule has 2 saturated carbocycles. The van der Waals surface area contributed by atoms with E-state index in [0.29, 0.717) is 11.8 Å². The highest BCUT2D eigenvalue weighted by atomic mass is 16.3. The number of nitrogens with one attached hydrogen (secondary N) is 1.